The van der Waals surface area contributed by atoms with Crippen molar-refractivity contribution in [1.29, 1.82) is 0 Å². The van der Waals surface area contributed by atoms with E-state index in [1.54, 1.807) is 0 Å². The molecule has 0 fully saturated rings. The number of nitrogens with two attached hydrogens (primary N) is 1. The van der Waals surface area contributed by atoms with Crippen molar-refractivity contribution in [3.8, 4) is 0 Å². The van der Waals surface area contributed by atoms with Gasteiger partial charge in [-0.25, -0.2) is 17.9 Å². The minimum atomic E-state index is -3.28. The van der Waals surface area contributed by atoms with Gasteiger partial charge in [0.15, 0.2) is 0 Å². The van der Waals surface area contributed by atoms with Crippen LogP contribution in [-0.2, 0) is 14.8 Å². The quantitative estimate of drug-likeness (QED) is 0.741. The Morgan fingerprint density at radius 1 is 1.44 bits per heavy atom. The molecular weight excluding hydrogens is 232 g/mol. The maximum Gasteiger partial charge on any atom is 0.404 e. The lowest BCUT2D eigenvalue weighted by Crippen LogP contribution is -2.44. The van der Waals surface area contributed by atoms with Crippen LogP contribution in [0.3, 0.4) is 0 Å². The molecule has 1 atom stereocenters. The molecule has 0 aromatic heterocycles. The maximum atomic E-state index is 11.1. The van der Waals surface area contributed by atoms with Gasteiger partial charge in [-0.15, -0.1) is 0 Å². The highest BCUT2D eigenvalue weighted by Crippen LogP contribution is 2.22. The molecule has 0 spiro atoms. The second-order valence-corrected chi connectivity index (χ2v) is 6.54. The molecule has 0 aliphatic carbocycles. The van der Waals surface area contributed by atoms with Crippen LogP contribution < -0.4 is 10.5 Å². The number of rotatable bonds is 5. The fourth-order valence-electron chi connectivity index (χ4n) is 1.20. The highest BCUT2D eigenvalue weighted by atomic mass is 32.2. The normalized spacial score (nSPS) is 14.5. The highest BCUT2D eigenvalue weighted by Gasteiger charge is 2.27. The average molecular weight is 252 g/mol. The molecule has 1 amide bonds. The summed E-state index contributed by atoms with van der Waals surface area (Å²) in [6, 6.07) is -0.304. The second kappa shape index (κ2) is 5.49. The van der Waals surface area contributed by atoms with Crippen molar-refractivity contribution in [3.05, 3.63) is 0 Å². The van der Waals surface area contributed by atoms with Crippen molar-refractivity contribution < 1.29 is 17.9 Å². The number of amides is 1. The molecule has 1 unspecified atom stereocenters. The van der Waals surface area contributed by atoms with E-state index in [1.807, 2.05) is 20.8 Å². The number of nitrogens with one attached hydrogen (secondary N) is 1. The Labute approximate surface area is 96.6 Å². The monoisotopic (exact) mass is 252 g/mol. The smallest absolute Gasteiger partial charge is 0.404 e. The lowest BCUT2D eigenvalue weighted by atomic mass is 9.86. The lowest BCUT2D eigenvalue weighted by Gasteiger charge is -2.30. The first-order valence-electron chi connectivity index (χ1n) is 4.92. The molecule has 0 aromatic rings. The summed E-state index contributed by atoms with van der Waals surface area (Å²) in [6.07, 6.45) is 0.632. The summed E-state index contributed by atoms with van der Waals surface area (Å²) in [5.41, 5.74) is 4.56. The van der Waals surface area contributed by atoms with E-state index in [0.717, 1.165) is 6.26 Å². The van der Waals surface area contributed by atoms with Gasteiger partial charge in [0.05, 0.1) is 12.9 Å². The molecule has 0 heterocycles. The van der Waals surface area contributed by atoms with Gasteiger partial charge in [0.25, 0.3) is 0 Å². The molecule has 0 saturated carbocycles. The van der Waals surface area contributed by atoms with Gasteiger partial charge >= 0.3 is 6.09 Å². The standard InChI is InChI=1S/C9H20N2O4S/c1-9(2,3)7(11-16(4,13)14)5-6-15-8(10)12/h7,11H,5-6H2,1-4H3,(H2,10,12). The molecule has 0 rings (SSSR count). The van der Waals surface area contributed by atoms with Crippen LogP contribution in [0.1, 0.15) is 27.2 Å². The van der Waals surface area contributed by atoms with E-state index in [1.165, 1.54) is 0 Å². The Hall–Kier alpha value is -0.820. The summed E-state index contributed by atoms with van der Waals surface area (Å²) in [5.74, 6) is 0. The SMILES string of the molecule is CC(C)(C)C(CCOC(N)=O)NS(C)(=O)=O. The van der Waals surface area contributed by atoms with Gasteiger partial charge in [-0.3, -0.25) is 0 Å². The first-order chi connectivity index (χ1) is 7.02. The van der Waals surface area contributed by atoms with E-state index in [0.29, 0.717) is 6.42 Å². The van der Waals surface area contributed by atoms with Crippen molar-refractivity contribution >= 4 is 16.1 Å². The van der Waals surface area contributed by atoms with E-state index >= 15 is 0 Å². The first kappa shape index (κ1) is 15.2. The van der Waals surface area contributed by atoms with E-state index in [-0.39, 0.29) is 18.1 Å². The highest BCUT2D eigenvalue weighted by molar-refractivity contribution is 7.88. The average Bonchev–Trinajstić information content (AvgIpc) is 1.97. The van der Waals surface area contributed by atoms with Crippen molar-refractivity contribution in [2.24, 2.45) is 11.1 Å². The topological polar surface area (TPSA) is 98.5 Å². The van der Waals surface area contributed by atoms with Gasteiger partial charge in [-0.05, 0) is 11.8 Å². The Morgan fingerprint density at radius 2 is 1.94 bits per heavy atom. The Balaban J connectivity index is 4.41. The minimum absolute atomic E-state index is 0.0970. The van der Waals surface area contributed by atoms with Gasteiger partial charge in [-0.2, -0.15) is 0 Å². The van der Waals surface area contributed by atoms with Crippen molar-refractivity contribution in [2.45, 2.75) is 33.2 Å². The van der Waals surface area contributed by atoms with Crippen molar-refractivity contribution in [2.75, 3.05) is 12.9 Å². The third-order valence-corrected chi connectivity index (χ3v) is 2.77. The maximum absolute atomic E-state index is 11.1. The number of carbonyl (C=O) groups excluding carboxylic acids is 1. The van der Waals surface area contributed by atoms with Gasteiger partial charge < -0.3 is 10.5 Å². The van der Waals surface area contributed by atoms with Crippen LogP contribution in [0.5, 0.6) is 0 Å². The van der Waals surface area contributed by atoms with Gasteiger partial charge in [0, 0.05) is 6.04 Å². The molecule has 0 radical (unpaired) electrons. The van der Waals surface area contributed by atoms with Gasteiger partial charge in [-0.1, -0.05) is 20.8 Å². The van der Waals surface area contributed by atoms with E-state index in [4.69, 9.17) is 5.73 Å². The molecule has 6 nitrogen and oxygen atoms in total. The number of hydrogen-bond donors (Lipinski definition) is 2. The molecule has 7 heteroatoms. The van der Waals surface area contributed by atoms with Crippen LogP contribution in [0.4, 0.5) is 4.79 Å². The molecule has 96 valence electrons. The van der Waals surface area contributed by atoms with Crippen molar-refractivity contribution in [1.82, 2.24) is 4.72 Å². The van der Waals surface area contributed by atoms with Gasteiger partial charge in [0.1, 0.15) is 0 Å². The van der Waals surface area contributed by atoms with E-state index in [9.17, 15) is 13.2 Å². The lowest BCUT2D eigenvalue weighted by molar-refractivity contribution is 0.142. The zero-order valence-corrected chi connectivity index (χ0v) is 10.9. The molecule has 16 heavy (non-hydrogen) atoms. The Morgan fingerprint density at radius 3 is 2.25 bits per heavy atom. The first-order valence-corrected chi connectivity index (χ1v) is 6.81. The molecule has 0 aliphatic heterocycles. The summed E-state index contributed by atoms with van der Waals surface area (Å²) in [4.78, 5) is 10.4. The summed E-state index contributed by atoms with van der Waals surface area (Å²) < 4.78 is 29.4. The summed E-state index contributed by atoms with van der Waals surface area (Å²) in [5, 5.41) is 0. The summed E-state index contributed by atoms with van der Waals surface area (Å²) >= 11 is 0. The Bertz CT molecular complexity index is 332. The van der Waals surface area contributed by atoms with Crippen LogP contribution in [0.15, 0.2) is 0 Å². The third-order valence-electron chi connectivity index (χ3n) is 2.05. The number of primary amides is 1. The number of hydrogen-bond acceptors (Lipinski definition) is 4. The van der Waals surface area contributed by atoms with Crippen LogP contribution in [-0.4, -0.2) is 33.4 Å². The summed E-state index contributed by atoms with van der Waals surface area (Å²) in [6.45, 7) is 5.81. The van der Waals surface area contributed by atoms with E-state index < -0.39 is 16.1 Å². The van der Waals surface area contributed by atoms with E-state index in [2.05, 4.69) is 9.46 Å². The number of sulfonamides is 1. The van der Waals surface area contributed by atoms with Crippen LogP contribution in [0, 0.1) is 5.41 Å². The largest absolute Gasteiger partial charge is 0.450 e. The third kappa shape index (κ3) is 7.47. The van der Waals surface area contributed by atoms with Crippen LogP contribution in [0.25, 0.3) is 0 Å². The fourth-order valence-corrected chi connectivity index (χ4v) is 2.19. The zero-order valence-electron chi connectivity index (χ0n) is 10.1. The van der Waals surface area contributed by atoms with Crippen molar-refractivity contribution in [3.63, 3.8) is 0 Å². The second-order valence-electron chi connectivity index (χ2n) is 4.76. The molecule has 0 aromatic carbocycles. The molecule has 0 bridgehead atoms. The predicted octanol–water partition coefficient (Wildman–Crippen LogP) is 0.436. The fraction of sp³-hybridized carbons (Fsp3) is 0.889. The zero-order chi connectivity index (χ0) is 13.0. The number of ether oxygens (including phenoxy) is 1. The Kier molecular flexibility index (Phi) is 5.21. The summed E-state index contributed by atoms with van der Waals surface area (Å²) in [7, 11) is -3.28. The van der Waals surface area contributed by atoms with Crippen LogP contribution in [0.2, 0.25) is 0 Å². The van der Waals surface area contributed by atoms with Crippen LogP contribution >= 0.6 is 0 Å². The predicted molar refractivity (Wildman–Crippen MR) is 61.4 cm³/mol. The van der Waals surface area contributed by atoms with Gasteiger partial charge in [0.2, 0.25) is 10.0 Å². The molecule has 0 saturated heterocycles. The molecule has 3 N–H and O–H groups in total. The molecular formula is C9H20N2O4S. The number of carbonyl (C=O) groups is 1. The molecule has 0 aliphatic rings. The minimum Gasteiger partial charge on any atom is -0.450 e.